The molecule has 2 N–H and O–H groups in total. The van der Waals surface area contributed by atoms with Gasteiger partial charge < -0.3 is 15.4 Å². The van der Waals surface area contributed by atoms with Crippen LogP contribution in [0.5, 0.6) is 0 Å². The number of halogens is 1. The molecule has 1 aliphatic rings. The SMILES string of the molecule is Cc1cccc(Cl)c1NC(=O)NC[C@@H]1CCCO1. The van der Waals surface area contributed by atoms with Crippen LogP contribution in [-0.4, -0.2) is 25.3 Å². The van der Waals surface area contributed by atoms with Gasteiger partial charge in [0.2, 0.25) is 0 Å². The molecule has 1 aromatic carbocycles. The Morgan fingerprint density at radius 3 is 3.06 bits per heavy atom. The molecule has 5 heteroatoms. The third kappa shape index (κ3) is 3.37. The summed E-state index contributed by atoms with van der Waals surface area (Å²) in [5.74, 6) is 0. The van der Waals surface area contributed by atoms with E-state index in [-0.39, 0.29) is 12.1 Å². The number of nitrogens with one attached hydrogen (secondary N) is 2. The van der Waals surface area contributed by atoms with Crippen molar-refractivity contribution in [1.82, 2.24) is 5.32 Å². The molecule has 0 bridgehead atoms. The van der Waals surface area contributed by atoms with Gasteiger partial charge in [0, 0.05) is 13.2 Å². The molecule has 18 heavy (non-hydrogen) atoms. The van der Waals surface area contributed by atoms with E-state index < -0.39 is 0 Å². The highest BCUT2D eigenvalue weighted by Gasteiger charge is 2.16. The molecule has 0 aliphatic carbocycles. The Morgan fingerprint density at radius 2 is 2.39 bits per heavy atom. The summed E-state index contributed by atoms with van der Waals surface area (Å²) in [6.07, 6.45) is 2.21. The van der Waals surface area contributed by atoms with Crippen molar-refractivity contribution in [2.45, 2.75) is 25.9 Å². The molecule has 0 aromatic heterocycles. The number of carbonyl (C=O) groups is 1. The molecule has 98 valence electrons. The lowest BCUT2D eigenvalue weighted by molar-refractivity contribution is 0.112. The molecule has 1 saturated heterocycles. The summed E-state index contributed by atoms with van der Waals surface area (Å²) in [4.78, 5) is 11.7. The normalized spacial score (nSPS) is 18.7. The van der Waals surface area contributed by atoms with Crippen LogP contribution in [0.1, 0.15) is 18.4 Å². The lowest BCUT2D eigenvalue weighted by Crippen LogP contribution is -2.35. The average Bonchev–Trinajstić information content (AvgIpc) is 2.84. The molecule has 0 saturated carbocycles. The summed E-state index contributed by atoms with van der Waals surface area (Å²) in [6.45, 7) is 3.23. The van der Waals surface area contributed by atoms with Crippen LogP contribution in [-0.2, 0) is 4.74 Å². The second-order valence-corrected chi connectivity index (χ2v) is 4.81. The summed E-state index contributed by atoms with van der Waals surface area (Å²) in [6, 6.07) is 5.26. The molecule has 0 unspecified atom stereocenters. The molecule has 0 radical (unpaired) electrons. The molecular formula is C13H17ClN2O2. The van der Waals surface area contributed by atoms with Gasteiger partial charge in [-0.3, -0.25) is 0 Å². The largest absolute Gasteiger partial charge is 0.376 e. The van der Waals surface area contributed by atoms with Crippen molar-refractivity contribution < 1.29 is 9.53 Å². The first-order valence-electron chi connectivity index (χ1n) is 6.08. The first-order chi connectivity index (χ1) is 8.66. The van der Waals surface area contributed by atoms with Crippen LogP contribution in [0.3, 0.4) is 0 Å². The van der Waals surface area contributed by atoms with Gasteiger partial charge >= 0.3 is 6.03 Å². The number of ether oxygens (including phenoxy) is 1. The maximum absolute atomic E-state index is 11.7. The Balaban J connectivity index is 1.86. The second-order valence-electron chi connectivity index (χ2n) is 4.40. The fraction of sp³-hybridized carbons (Fsp3) is 0.462. The highest BCUT2D eigenvalue weighted by Crippen LogP contribution is 2.24. The number of aryl methyl sites for hydroxylation is 1. The van der Waals surface area contributed by atoms with Crippen molar-refractivity contribution in [3.05, 3.63) is 28.8 Å². The van der Waals surface area contributed by atoms with Crippen molar-refractivity contribution in [1.29, 1.82) is 0 Å². The topological polar surface area (TPSA) is 50.4 Å². The first-order valence-corrected chi connectivity index (χ1v) is 6.46. The lowest BCUT2D eigenvalue weighted by Gasteiger charge is -2.13. The smallest absolute Gasteiger partial charge is 0.319 e. The molecule has 1 aliphatic heterocycles. The van der Waals surface area contributed by atoms with E-state index in [1.165, 1.54) is 0 Å². The third-order valence-corrected chi connectivity index (χ3v) is 3.29. The number of hydrogen-bond donors (Lipinski definition) is 2. The molecule has 1 atom stereocenters. The minimum absolute atomic E-state index is 0.142. The zero-order chi connectivity index (χ0) is 13.0. The van der Waals surface area contributed by atoms with E-state index in [1.54, 1.807) is 6.07 Å². The van der Waals surface area contributed by atoms with Crippen LogP contribution in [0.25, 0.3) is 0 Å². The van der Waals surface area contributed by atoms with E-state index in [1.807, 2.05) is 19.1 Å². The number of benzene rings is 1. The highest BCUT2D eigenvalue weighted by atomic mass is 35.5. The molecule has 2 amide bonds. The van der Waals surface area contributed by atoms with Gasteiger partial charge in [-0.05, 0) is 31.4 Å². The summed E-state index contributed by atoms with van der Waals surface area (Å²) >= 11 is 6.03. The summed E-state index contributed by atoms with van der Waals surface area (Å²) in [5.41, 5.74) is 1.60. The molecule has 1 aromatic rings. The van der Waals surface area contributed by atoms with Crippen LogP contribution >= 0.6 is 11.6 Å². The van der Waals surface area contributed by atoms with Crippen LogP contribution in [0.15, 0.2) is 18.2 Å². The zero-order valence-corrected chi connectivity index (χ0v) is 11.1. The van der Waals surface area contributed by atoms with E-state index in [0.717, 1.165) is 25.0 Å². The Bertz CT molecular complexity index is 411. The predicted molar refractivity (Wildman–Crippen MR) is 72.2 cm³/mol. The Hall–Kier alpha value is -1.26. The number of carbonyl (C=O) groups excluding carboxylic acids is 1. The predicted octanol–water partition coefficient (Wildman–Crippen LogP) is 2.95. The van der Waals surface area contributed by atoms with Gasteiger partial charge in [-0.1, -0.05) is 23.7 Å². The minimum Gasteiger partial charge on any atom is -0.376 e. The van der Waals surface area contributed by atoms with Gasteiger partial charge in [0.25, 0.3) is 0 Å². The van der Waals surface area contributed by atoms with Crippen molar-refractivity contribution in [3.8, 4) is 0 Å². The zero-order valence-electron chi connectivity index (χ0n) is 10.3. The van der Waals surface area contributed by atoms with Gasteiger partial charge in [0.1, 0.15) is 0 Å². The maximum atomic E-state index is 11.7. The summed E-state index contributed by atoms with van der Waals surface area (Å²) in [5, 5.41) is 6.10. The van der Waals surface area contributed by atoms with Crippen molar-refractivity contribution in [3.63, 3.8) is 0 Å². The monoisotopic (exact) mass is 268 g/mol. The van der Waals surface area contributed by atoms with E-state index in [4.69, 9.17) is 16.3 Å². The van der Waals surface area contributed by atoms with Crippen LogP contribution in [0.2, 0.25) is 5.02 Å². The Morgan fingerprint density at radius 1 is 1.56 bits per heavy atom. The molecule has 1 heterocycles. The number of rotatable bonds is 3. The number of urea groups is 1. The van der Waals surface area contributed by atoms with E-state index in [9.17, 15) is 4.79 Å². The molecular weight excluding hydrogens is 252 g/mol. The molecule has 1 fully saturated rings. The molecule has 0 spiro atoms. The van der Waals surface area contributed by atoms with E-state index in [2.05, 4.69) is 10.6 Å². The van der Waals surface area contributed by atoms with Crippen LogP contribution in [0, 0.1) is 6.92 Å². The number of para-hydroxylation sites is 1. The molecule has 2 rings (SSSR count). The Labute approximate surface area is 112 Å². The fourth-order valence-electron chi connectivity index (χ4n) is 1.96. The van der Waals surface area contributed by atoms with Gasteiger partial charge in [0.05, 0.1) is 16.8 Å². The maximum Gasteiger partial charge on any atom is 0.319 e. The number of anilines is 1. The quantitative estimate of drug-likeness (QED) is 0.886. The van der Waals surface area contributed by atoms with Gasteiger partial charge in [-0.2, -0.15) is 0 Å². The van der Waals surface area contributed by atoms with Gasteiger partial charge in [-0.15, -0.1) is 0 Å². The van der Waals surface area contributed by atoms with Crippen molar-refractivity contribution in [2.75, 3.05) is 18.5 Å². The Kier molecular flexibility index (Phi) is 4.44. The summed E-state index contributed by atoms with van der Waals surface area (Å²) < 4.78 is 5.43. The van der Waals surface area contributed by atoms with E-state index in [0.29, 0.717) is 17.3 Å². The lowest BCUT2D eigenvalue weighted by atomic mass is 10.2. The molecule has 4 nitrogen and oxygen atoms in total. The third-order valence-electron chi connectivity index (χ3n) is 2.97. The van der Waals surface area contributed by atoms with Crippen molar-refractivity contribution in [2.24, 2.45) is 0 Å². The van der Waals surface area contributed by atoms with E-state index >= 15 is 0 Å². The average molecular weight is 269 g/mol. The van der Waals surface area contributed by atoms with Gasteiger partial charge in [0.15, 0.2) is 0 Å². The summed E-state index contributed by atoms with van der Waals surface area (Å²) in [7, 11) is 0. The minimum atomic E-state index is -0.248. The fourth-order valence-corrected chi connectivity index (χ4v) is 2.23. The first kappa shape index (κ1) is 13.2. The van der Waals surface area contributed by atoms with Crippen LogP contribution < -0.4 is 10.6 Å². The van der Waals surface area contributed by atoms with Gasteiger partial charge in [-0.25, -0.2) is 4.79 Å². The van der Waals surface area contributed by atoms with Crippen LogP contribution in [0.4, 0.5) is 10.5 Å². The standard InChI is InChI=1S/C13H17ClN2O2/c1-9-4-2-6-11(14)12(9)16-13(17)15-8-10-5-3-7-18-10/h2,4,6,10H,3,5,7-8H2,1H3,(H2,15,16,17)/t10-/m0/s1. The van der Waals surface area contributed by atoms with Crippen molar-refractivity contribution >= 4 is 23.3 Å². The number of amides is 2. The number of hydrogen-bond acceptors (Lipinski definition) is 2. The second kappa shape index (κ2) is 6.07. The highest BCUT2D eigenvalue weighted by molar-refractivity contribution is 6.33.